The molecule has 2 unspecified atom stereocenters. The topological polar surface area (TPSA) is 77.8 Å². The minimum absolute atomic E-state index is 0.0213. The summed E-state index contributed by atoms with van der Waals surface area (Å²) in [6, 6.07) is 0. The summed E-state index contributed by atoms with van der Waals surface area (Å²) in [6.45, 7) is 8.07. The van der Waals surface area contributed by atoms with Crippen molar-refractivity contribution in [2.24, 2.45) is 28.6 Å². The number of aliphatic carboxylic acids is 1. The number of carboxylic acids is 1. The quantitative estimate of drug-likeness (QED) is 0.719. The Balaban J connectivity index is 2.07. The van der Waals surface area contributed by atoms with Gasteiger partial charge in [-0.1, -0.05) is 27.2 Å². The van der Waals surface area contributed by atoms with Gasteiger partial charge in [0.25, 0.3) is 0 Å². The van der Waals surface area contributed by atoms with E-state index in [1.165, 1.54) is 0 Å². The maximum Gasteiger partial charge on any atom is 0.309 e. The average Bonchev–Trinajstić information content (AvgIpc) is 2.48. The van der Waals surface area contributed by atoms with Crippen LogP contribution < -0.4 is 0 Å². The summed E-state index contributed by atoms with van der Waals surface area (Å²) in [5.74, 6) is -0.789. The van der Waals surface area contributed by atoms with Crippen molar-refractivity contribution in [3.63, 3.8) is 0 Å². The largest absolute Gasteiger partial charge is 0.481 e. The molecule has 4 heteroatoms. The van der Waals surface area contributed by atoms with Crippen molar-refractivity contribution >= 4 is 5.97 Å². The zero-order valence-corrected chi connectivity index (χ0v) is 15.6. The highest BCUT2D eigenvalue weighted by Crippen LogP contribution is 2.67. The minimum atomic E-state index is -0.954. The molecule has 3 saturated carbocycles. The monoisotopic (exact) mass is 338 g/mol. The molecule has 0 spiro atoms. The van der Waals surface area contributed by atoms with Crippen LogP contribution >= 0.6 is 0 Å². The Kier molecular flexibility index (Phi) is 4.12. The zero-order valence-electron chi connectivity index (χ0n) is 15.6. The highest BCUT2D eigenvalue weighted by molar-refractivity contribution is 5.75. The Labute approximate surface area is 145 Å². The second kappa shape index (κ2) is 5.44. The number of fused-ring (bicyclic) bond motifs is 3. The second-order valence-electron chi connectivity index (χ2n) is 9.60. The maximum absolute atomic E-state index is 12.0. The van der Waals surface area contributed by atoms with E-state index in [0.29, 0.717) is 12.8 Å². The van der Waals surface area contributed by atoms with E-state index >= 15 is 0 Å². The molecule has 0 heterocycles. The second-order valence-corrected chi connectivity index (χ2v) is 9.60. The number of hydrogen-bond donors (Lipinski definition) is 3. The number of rotatable bonds is 2. The summed E-state index contributed by atoms with van der Waals surface area (Å²) in [4.78, 5) is 12.0. The van der Waals surface area contributed by atoms with Crippen LogP contribution in [0.3, 0.4) is 0 Å². The van der Waals surface area contributed by atoms with Gasteiger partial charge in [-0.25, -0.2) is 0 Å². The van der Waals surface area contributed by atoms with Crippen LogP contribution in [0, 0.1) is 28.6 Å². The summed E-state index contributed by atoms with van der Waals surface area (Å²) in [5.41, 5.74) is -2.98. The van der Waals surface area contributed by atoms with Gasteiger partial charge in [0.1, 0.15) is 0 Å². The first kappa shape index (κ1) is 18.2. The Morgan fingerprint density at radius 2 is 1.54 bits per heavy atom. The Morgan fingerprint density at radius 1 is 0.958 bits per heavy atom. The molecular formula is C20H34O4. The van der Waals surface area contributed by atoms with E-state index in [-0.39, 0.29) is 17.8 Å². The van der Waals surface area contributed by atoms with Crippen molar-refractivity contribution in [1.29, 1.82) is 0 Å². The molecule has 0 saturated heterocycles. The van der Waals surface area contributed by atoms with Crippen molar-refractivity contribution in [3.8, 4) is 0 Å². The van der Waals surface area contributed by atoms with E-state index in [4.69, 9.17) is 0 Å². The van der Waals surface area contributed by atoms with Crippen LogP contribution in [0.2, 0.25) is 0 Å². The first-order chi connectivity index (χ1) is 11.0. The first-order valence-corrected chi connectivity index (χ1v) is 9.70. The molecule has 0 aromatic heterocycles. The van der Waals surface area contributed by atoms with Crippen LogP contribution in [-0.2, 0) is 4.79 Å². The lowest BCUT2D eigenvalue weighted by Gasteiger charge is -2.67. The summed E-state index contributed by atoms with van der Waals surface area (Å²) in [5, 5.41) is 33.2. The first-order valence-electron chi connectivity index (χ1n) is 9.70. The number of carboxylic acid groups (broad SMARTS) is 1. The molecule has 0 aromatic rings. The van der Waals surface area contributed by atoms with Crippen LogP contribution in [0.1, 0.15) is 79.1 Å². The van der Waals surface area contributed by atoms with Crippen molar-refractivity contribution in [2.75, 3.05) is 0 Å². The van der Waals surface area contributed by atoms with Crippen molar-refractivity contribution in [3.05, 3.63) is 0 Å². The van der Waals surface area contributed by atoms with Gasteiger partial charge >= 0.3 is 5.97 Å². The van der Waals surface area contributed by atoms with Crippen LogP contribution in [0.25, 0.3) is 0 Å². The highest BCUT2D eigenvalue weighted by Gasteiger charge is 2.69. The molecule has 3 aliphatic carbocycles. The lowest BCUT2D eigenvalue weighted by atomic mass is 9.40. The third-order valence-corrected chi connectivity index (χ3v) is 8.47. The third kappa shape index (κ3) is 2.08. The lowest BCUT2D eigenvalue weighted by molar-refractivity contribution is -0.276. The van der Waals surface area contributed by atoms with Gasteiger partial charge < -0.3 is 15.3 Å². The molecule has 3 aliphatic rings. The third-order valence-electron chi connectivity index (χ3n) is 8.47. The molecule has 0 bridgehead atoms. The van der Waals surface area contributed by atoms with E-state index in [1.54, 1.807) is 0 Å². The standard InChI is InChI=1S/C20H34O4/c1-13(2)19(23)11-6-12-20(24)15(19)8-7-14-17(3,16(21)22)9-5-10-18(14,20)4/h13-15,23-24H,5-12H2,1-4H3,(H,21,22)/t14?,15?,17-,18+,19-,20-/m1/s1. The highest BCUT2D eigenvalue weighted by atomic mass is 16.4. The molecule has 3 fully saturated rings. The van der Waals surface area contributed by atoms with E-state index in [1.807, 2.05) is 20.8 Å². The van der Waals surface area contributed by atoms with Crippen molar-refractivity contribution < 1.29 is 20.1 Å². The predicted molar refractivity (Wildman–Crippen MR) is 92.5 cm³/mol. The summed E-state index contributed by atoms with van der Waals surface area (Å²) in [7, 11) is 0. The smallest absolute Gasteiger partial charge is 0.309 e. The molecule has 4 nitrogen and oxygen atoms in total. The van der Waals surface area contributed by atoms with Crippen LogP contribution in [0.15, 0.2) is 0 Å². The predicted octanol–water partition coefficient (Wildman–Crippen LogP) is 3.60. The normalized spacial score (nSPS) is 51.8. The molecular weight excluding hydrogens is 304 g/mol. The van der Waals surface area contributed by atoms with E-state index < -0.39 is 28.0 Å². The van der Waals surface area contributed by atoms with Gasteiger partial charge in [0.15, 0.2) is 0 Å². The van der Waals surface area contributed by atoms with E-state index in [9.17, 15) is 20.1 Å². The average molecular weight is 338 g/mol. The molecule has 0 amide bonds. The zero-order chi connectivity index (χ0) is 18.0. The van der Waals surface area contributed by atoms with Gasteiger partial charge in [0.2, 0.25) is 0 Å². The number of aliphatic hydroxyl groups is 2. The van der Waals surface area contributed by atoms with Gasteiger partial charge in [-0.15, -0.1) is 0 Å². The fraction of sp³-hybridized carbons (Fsp3) is 0.950. The Bertz CT molecular complexity index is 532. The fourth-order valence-electron chi connectivity index (χ4n) is 6.89. The molecule has 0 radical (unpaired) electrons. The Morgan fingerprint density at radius 3 is 2.12 bits per heavy atom. The van der Waals surface area contributed by atoms with Crippen molar-refractivity contribution in [1.82, 2.24) is 0 Å². The molecule has 3 N–H and O–H groups in total. The Hall–Kier alpha value is -0.610. The molecule has 3 rings (SSSR count). The SMILES string of the molecule is CC(C)[C@]1(O)CCC[C@@]2(O)C1CCC1[C@](C)(C(=O)O)CCC[C@@]12C. The summed E-state index contributed by atoms with van der Waals surface area (Å²) >= 11 is 0. The van der Waals surface area contributed by atoms with Gasteiger partial charge in [0.05, 0.1) is 16.6 Å². The van der Waals surface area contributed by atoms with E-state index in [2.05, 4.69) is 6.92 Å². The summed E-state index contributed by atoms with van der Waals surface area (Å²) < 4.78 is 0. The lowest BCUT2D eigenvalue weighted by Crippen LogP contribution is -2.70. The molecule has 0 aromatic carbocycles. The fourth-order valence-corrected chi connectivity index (χ4v) is 6.89. The minimum Gasteiger partial charge on any atom is -0.481 e. The number of hydrogen-bond acceptors (Lipinski definition) is 3. The van der Waals surface area contributed by atoms with Crippen LogP contribution in [0.4, 0.5) is 0 Å². The molecule has 138 valence electrons. The molecule has 0 aliphatic heterocycles. The van der Waals surface area contributed by atoms with Gasteiger partial charge in [-0.2, -0.15) is 0 Å². The van der Waals surface area contributed by atoms with Gasteiger partial charge in [-0.3, -0.25) is 4.79 Å². The van der Waals surface area contributed by atoms with Gasteiger partial charge in [0, 0.05) is 11.3 Å². The number of carbonyl (C=O) groups is 1. The van der Waals surface area contributed by atoms with E-state index in [0.717, 1.165) is 38.5 Å². The molecule has 24 heavy (non-hydrogen) atoms. The van der Waals surface area contributed by atoms with Crippen LogP contribution in [-0.4, -0.2) is 32.5 Å². The van der Waals surface area contributed by atoms with Gasteiger partial charge in [-0.05, 0) is 63.7 Å². The molecule has 6 atom stereocenters. The maximum atomic E-state index is 12.0. The summed E-state index contributed by atoms with van der Waals surface area (Å²) in [6.07, 6.45) is 6.16. The van der Waals surface area contributed by atoms with Crippen molar-refractivity contribution in [2.45, 2.75) is 90.3 Å². The van der Waals surface area contributed by atoms with Crippen LogP contribution in [0.5, 0.6) is 0 Å².